The number of para-hydroxylation sites is 2. The Balaban J connectivity index is 0.000000364. The van der Waals surface area contributed by atoms with E-state index in [9.17, 15) is 10.4 Å². The molecule has 115 valence electrons. The van der Waals surface area contributed by atoms with Crippen molar-refractivity contribution in [2.75, 3.05) is 0 Å². The molecule has 2 aromatic carbocycles. The number of hydrogen-bond donors (Lipinski definition) is 2. The van der Waals surface area contributed by atoms with Crippen LogP contribution in [0.25, 0.3) is 0 Å². The Morgan fingerprint density at radius 1 is 0.667 bits per heavy atom. The fraction of sp³-hybridized carbons (Fsp3) is 0. The van der Waals surface area contributed by atoms with Crippen molar-refractivity contribution in [3.63, 3.8) is 0 Å². The minimum absolute atomic E-state index is 0. The molecule has 0 spiro atoms. The van der Waals surface area contributed by atoms with Crippen LogP contribution in [0.3, 0.4) is 0 Å². The Morgan fingerprint density at radius 2 is 0.952 bits per heavy atom. The molecular formula is C12H12CuN4O4. The number of nitrogens with zero attached hydrogens (tertiary/aromatic N) is 4. The molecule has 0 amide bonds. The molecule has 0 saturated heterocycles. The fourth-order valence-electron chi connectivity index (χ4n) is 1.21. The first-order valence-electron chi connectivity index (χ1n) is 5.43. The first-order chi connectivity index (χ1) is 9.69. The largest absolute Gasteiger partial charge is 0.592 e. The second-order valence-corrected chi connectivity index (χ2v) is 3.40. The van der Waals surface area contributed by atoms with E-state index in [2.05, 4.69) is 10.6 Å². The van der Waals surface area contributed by atoms with Gasteiger partial charge in [0.1, 0.15) is 0 Å². The molecule has 0 unspecified atom stereocenters. The maximum Gasteiger partial charge on any atom is 0.248 e. The van der Waals surface area contributed by atoms with E-state index in [0.717, 1.165) is 0 Å². The Kier molecular flexibility index (Phi) is 8.90. The SMILES string of the molecule is [Cu].[O-]/[N+](=N\O)c1ccccc1.[O-]/[N+](=N\O)c1ccccc1. The predicted octanol–water partition coefficient (Wildman–Crippen LogP) is 3.34. The summed E-state index contributed by atoms with van der Waals surface area (Å²) in [6.45, 7) is 0. The van der Waals surface area contributed by atoms with E-state index in [0.29, 0.717) is 11.4 Å². The molecule has 0 aliphatic carbocycles. The van der Waals surface area contributed by atoms with Crippen LogP contribution in [0.1, 0.15) is 0 Å². The van der Waals surface area contributed by atoms with Crippen LogP contribution in [0.15, 0.2) is 71.2 Å². The average molecular weight is 340 g/mol. The molecule has 9 heteroatoms. The third-order valence-electron chi connectivity index (χ3n) is 2.12. The van der Waals surface area contributed by atoms with Crippen LogP contribution in [0.5, 0.6) is 0 Å². The molecule has 21 heavy (non-hydrogen) atoms. The average Bonchev–Trinajstić information content (AvgIpc) is 2.55. The number of benzene rings is 2. The van der Waals surface area contributed by atoms with Crippen molar-refractivity contribution in [2.24, 2.45) is 10.6 Å². The van der Waals surface area contributed by atoms with E-state index in [1.54, 1.807) is 60.7 Å². The summed E-state index contributed by atoms with van der Waals surface area (Å²) in [7, 11) is 0. The van der Waals surface area contributed by atoms with Gasteiger partial charge in [0.15, 0.2) is 0 Å². The van der Waals surface area contributed by atoms with E-state index in [-0.39, 0.29) is 26.8 Å². The van der Waals surface area contributed by atoms with Crippen LogP contribution in [0.4, 0.5) is 11.4 Å². The molecule has 0 heterocycles. The van der Waals surface area contributed by atoms with Crippen molar-refractivity contribution in [1.29, 1.82) is 0 Å². The second-order valence-electron chi connectivity index (χ2n) is 3.40. The van der Waals surface area contributed by atoms with Crippen molar-refractivity contribution >= 4 is 11.4 Å². The summed E-state index contributed by atoms with van der Waals surface area (Å²) >= 11 is 0. The zero-order valence-corrected chi connectivity index (χ0v) is 11.5. The zero-order valence-electron chi connectivity index (χ0n) is 10.6. The second kappa shape index (κ2) is 10.2. The van der Waals surface area contributed by atoms with E-state index in [1.165, 1.54) is 0 Å². The predicted molar refractivity (Wildman–Crippen MR) is 67.9 cm³/mol. The summed E-state index contributed by atoms with van der Waals surface area (Å²) < 4.78 is 0. The smallest absolute Gasteiger partial charge is 0.248 e. The Labute approximate surface area is 130 Å². The van der Waals surface area contributed by atoms with Gasteiger partial charge in [0.2, 0.25) is 21.9 Å². The van der Waals surface area contributed by atoms with Gasteiger partial charge in [-0.25, -0.2) is 0 Å². The Bertz CT molecular complexity index is 525. The minimum Gasteiger partial charge on any atom is -0.592 e. The third kappa shape index (κ3) is 6.37. The molecule has 0 fully saturated rings. The Morgan fingerprint density at radius 3 is 1.19 bits per heavy atom. The first kappa shape index (κ1) is 18.4. The van der Waals surface area contributed by atoms with Gasteiger partial charge in [-0.2, -0.15) is 0 Å². The normalized spacial score (nSPS) is 10.9. The summed E-state index contributed by atoms with van der Waals surface area (Å²) in [5, 5.41) is 42.0. The van der Waals surface area contributed by atoms with Gasteiger partial charge in [0.05, 0.1) is 0 Å². The molecule has 0 aromatic heterocycles. The van der Waals surface area contributed by atoms with Gasteiger partial charge in [0, 0.05) is 41.3 Å². The summed E-state index contributed by atoms with van der Waals surface area (Å²) in [6, 6.07) is 16.5. The van der Waals surface area contributed by atoms with Crippen molar-refractivity contribution < 1.29 is 37.2 Å². The van der Waals surface area contributed by atoms with Gasteiger partial charge in [-0.05, 0) is 9.72 Å². The van der Waals surface area contributed by atoms with Gasteiger partial charge < -0.3 is 20.8 Å². The Hall–Kier alpha value is -2.64. The molecule has 0 aliphatic rings. The van der Waals surface area contributed by atoms with Crippen LogP contribution in [0, 0.1) is 10.4 Å². The van der Waals surface area contributed by atoms with E-state index >= 15 is 0 Å². The zero-order chi connectivity index (χ0) is 14.8. The summed E-state index contributed by atoms with van der Waals surface area (Å²) in [5.41, 5.74) is 0.620. The van der Waals surface area contributed by atoms with Gasteiger partial charge in [-0.3, -0.25) is 0 Å². The summed E-state index contributed by atoms with van der Waals surface area (Å²) in [5.74, 6) is 0. The molecule has 8 nitrogen and oxygen atoms in total. The van der Waals surface area contributed by atoms with E-state index in [4.69, 9.17) is 10.4 Å². The molecule has 0 aliphatic heterocycles. The standard InChI is InChI=1S/2C6H6N2O2.Cu/c2*9-7-8(10)6-4-2-1-3-5-6;/h2*1-5,9H;/b2*8-7-;. The molecule has 2 rings (SSSR count). The van der Waals surface area contributed by atoms with Gasteiger partial charge in [-0.15, -0.1) is 0 Å². The minimum atomic E-state index is 0. The van der Waals surface area contributed by atoms with Crippen LogP contribution < -0.4 is 0 Å². The molecule has 2 aromatic rings. The topological polar surface area (TPSA) is 117 Å². The number of hydrogen-bond acceptors (Lipinski definition) is 4. The molecule has 0 atom stereocenters. The van der Waals surface area contributed by atoms with Crippen LogP contribution in [-0.4, -0.2) is 20.1 Å². The van der Waals surface area contributed by atoms with Crippen molar-refractivity contribution in [3.8, 4) is 0 Å². The maximum atomic E-state index is 10.5. The van der Waals surface area contributed by atoms with E-state index < -0.39 is 0 Å². The molecule has 0 bridgehead atoms. The maximum absolute atomic E-state index is 10.5. The first-order valence-corrected chi connectivity index (χ1v) is 5.43. The van der Waals surface area contributed by atoms with Crippen molar-refractivity contribution in [2.45, 2.75) is 0 Å². The van der Waals surface area contributed by atoms with Gasteiger partial charge in [-0.1, -0.05) is 36.4 Å². The van der Waals surface area contributed by atoms with Crippen molar-refractivity contribution in [1.82, 2.24) is 0 Å². The summed E-state index contributed by atoms with van der Waals surface area (Å²) in [4.78, 5) is 0.278. The molecule has 1 radical (unpaired) electrons. The molecule has 0 saturated carbocycles. The van der Waals surface area contributed by atoms with Crippen LogP contribution in [0.2, 0.25) is 0 Å². The van der Waals surface area contributed by atoms with Crippen LogP contribution >= 0.6 is 0 Å². The quantitative estimate of drug-likeness (QED) is 0.377. The van der Waals surface area contributed by atoms with E-state index in [1.807, 2.05) is 0 Å². The molecular weight excluding hydrogens is 328 g/mol. The third-order valence-corrected chi connectivity index (χ3v) is 2.12. The number of rotatable bonds is 2. The van der Waals surface area contributed by atoms with Crippen LogP contribution in [-0.2, 0) is 17.1 Å². The molecule has 2 N–H and O–H groups in total. The summed E-state index contributed by atoms with van der Waals surface area (Å²) in [6.07, 6.45) is 0. The van der Waals surface area contributed by atoms with Crippen molar-refractivity contribution in [3.05, 3.63) is 71.1 Å². The monoisotopic (exact) mass is 339 g/mol. The van der Waals surface area contributed by atoms with Gasteiger partial charge in [0.25, 0.3) is 0 Å². The van der Waals surface area contributed by atoms with Gasteiger partial charge >= 0.3 is 0 Å². The fourth-order valence-corrected chi connectivity index (χ4v) is 1.21.